The first-order valence-corrected chi connectivity index (χ1v) is 2.00. The summed E-state index contributed by atoms with van der Waals surface area (Å²) in [6.07, 6.45) is 0. The number of aliphatic carboxylic acids is 1. The van der Waals surface area contributed by atoms with Crippen molar-refractivity contribution in [3.63, 3.8) is 0 Å². The number of hydrogen-bond donors (Lipinski definition) is 2. The molecule has 0 bridgehead atoms. The molecule has 0 aromatic carbocycles. The second-order valence-electron chi connectivity index (χ2n) is 0.775. The molecular formula is C2H4AlNO2. The van der Waals surface area contributed by atoms with E-state index in [0.717, 1.165) is 0 Å². The molecule has 0 atom stereocenters. The summed E-state index contributed by atoms with van der Waals surface area (Å²) >= 11 is 2.09. The summed E-state index contributed by atoms with van der Waals surface area (Å²) in [5, 5.41) is 7.84. The van der Waals surface area contributed by atoms with Crippen molar-refractivity contribution in [2.75, 3.05) is 6.54 Å². The fraction of sp³-hybridized carbons (Fsp3) is 0.500. The summed E-state index contributed by atoms with van der Waals surface area (Å²) in [7, 11) is 0. The minimum atomic E-state index is -0.843. The normalized spacial score (nSPS) is 8.00. The molecule has 0 rings (SSSR count). The van der Waals surface area contributed by atoms with Gasteiger partial charge in [0.05, 0.1) is 6.54 Å². The summed E-state index contributed by atoms with van der Waals surface area (Å²) in [5.74, 6) is -0.843. The van der Waals surface area contributed by atoms with E-state index in [1.54, 1.807) is 0 Å². The lowest BCUT2D eigenvalue weighted by molar-refractivity contribution is -0.135. The summed E-state index contributed by atoms with van der Waals surface area (Å²) < 4.78 is 2.38. The Bertz CT molecular complexity index is 55.5. The molecule has 0 spiro atoms. The minimum Gasteiger partial charge on any atom is -0.480 e. The van der Waals surface area contributed by atoms with Gasteiger partial charge in [-0.2, -0.15) is 0 Å². The maximum Gasteiger partial charge on any atom is 0.315 e. The van der Waals surface area contributed by atoms with E-state index in [9.17, 15) is 4.79 Å². The molecular weight excluding hydrogens is 97.0 g/mol. The van der Waals surface area contributed by atoms with Crippen molar-refractivity contribution < 1.29 is 9.90 Å². The Labute approximate surface area is 44.0 Å². The third-order valence-corrected chi connectivity index (χ3v) is 0.457. The smallest absolute Gasteiger partial charge is 0.315 e. The summed E-state index contributed by atoms with van der Waals surface area (Å²) in [6, 6.07) is 0. The average molecular weight is 101 g/mol. The quantitative estimate of drug-likeness (QED) is 0.427. The Hall–Kier alpha value is -0.0375. The average Bonchev–Trinajstić information content (AvgIpc) is 1.35. The molecule has 0 aromatic rings. The topological polar surface area (TPSA) is 49.3 Å². The summed E-state index contributed by atoms with van der Waals surface area (Å²) in [4.78, 5) is 9.52. The number of carboxylic acids is 1. The molecule has 0 fully saturated rings. The first-order chi connectivity index (χ1) is 2.77. The number of hydrogen-bond acceptors (Lipinski definition) is 2. The van der Waals surface area contributed by atoms with Crippen LogP contribution in [0.4, 0.5) is 0 Å². The van der Waals surface area contributed by atoms with Crippen LogP contribution in [-0.4, -0.2) is 34.1 Å². The van der Waals surface area contributed by atoms with Gasteiger partial charge in [-0.3, -0.25) is 4.79 Å². The van der Waals surface area contributed by atoms with E-state index >= 15 is 0 Å². The highest BCUT2D eigenvalue weighted by Crippen LogP contribution is 1.50. The van der Waals surface area contributed by atoms with Gasteiger partial charge >= 0.3 is 5.97 Å². The van der Waals surface area contributed by atoms with Crippen LogP contribution in [0.3, 0.4) is 0 Å². The Morgan fingerprint density at radius 2 is 2.50 bits per heavy atom. The molecule has 0 heterocycles. The lowest BCUT2D eigenvalue weighted by Gasteiger charge is -1.85. The summed E-state index contributed by atoms with van der Waals surface area (Å²) in [5.41, 5.74) is 0. The molecule has 2 radical (unpaired) electrons. The number of carbonyl (C=O) groups is 1. The highest BCUT2D eigenvalue weighted by atomic mass is 27.1. The highest BCUT2D eigenvalue weighted by Gasteiger charge is 1.85. The van der Waals surface area contributed by atoms with Gasteiger partial charge in [0.25, 0.3) is 16.5 Å². The minimum absolute atomic E-state index is 0.00463. The van der Waals surface area contributed by atoms with Crippen LogP contribution in [0.2, 0.25) is 0 Å². The van der Waals surface area contributed by atoms with Crippen molar-refractivity contribution in [1.82, 2.24) is 4.30 Å². The molecule has 4 heteroatoms. The predicted octanol–water partition coefficient (Wildman–Crippen LogP) is -1.26. The third kappa shape index (κ3) is 3.96. The van der Waals surface area contributed by atoms with Crippen LogP contribution in [0.5, 0.6) is 0 Å². The second kappa shape index (κ2) is 3.16. The maximum absolute atomic E-state index is 9.52. The molecule has 0 saturated carbocycles. The molecule has 0 aliphatic rings. The first-order valence-electron chi connectivity index (χ1n) is 1.42. The molecule has 32 valence electrons. The van der Waals surface area contributed by atoms with Gasteiger partial charge < -0.3 is 9.41 Å². The second-order valence-corrected chi connectivity index (χ2v) is 1.18. The molecule has 0 aliphatic heterocycles. The predicted molar refractivity (Wildman–Crippen MR) is 21.4 cm³/mol. The van der Waals surface area contributed by atoms with E-state index in [1.165, 1.54) is 0 Å². The standard InChI is InChI=1S/C2H4NO2.Al/c3-1-2(4)5;/h3H,1H2,(H,4,5);/q-1;+1. The fourth-order valence-electron chi connectivity index (χ4n) is 0.0873. The molecule has 0 saturated heterocycles. The zero-order valence-electron chi connectivity index (χ0n) is 3.14. The van der Waals surface area contributed by atoms with Crippen LogP contribution in [0.25, 0.3) is 0 Å². The van der Waals surface area contributed by atoms with Crippen molar-refractivity contribution >= 4 is 22.5 Å². The number of nitrogens with one attached hydrogen (secondary N) is 1. The van der Waals surface area contributed by atoms with Gasteiger partial charge in [0.1, 0.15) is 0 Å². The van der Waals surface area contributed by atoms with Gasteiger partial charge in [-0.05, 0) is 0 Å². The molecule has 0 unspecified atom stereocenters. The zero-order valence-corrected chi connectivity index (χ0v) is 4.29. The molecule has 6 heavy (non-hydrogen) atoms. The highest BCUT2D eigenvalue weighted by molar-refractivity contribution is 6.05. The van der Waals surface area contributed by atoms with E-state index in [0.29, 0.717) is 0 Å². The Kier molecular flexibility index (Phi) is 3.14. The van der Waals surface area contributed by atoms with Crippen LogP contribution in [0.15, 0.2) is 0 Å². The third-order valence-electron chi connectivity index (χ3n) is 0.253. The van der Waals surface area contributed by atoms with Gasteiger partial charge in [-0.1, -0.05) is 0 Å². The molecule has 0 aromatic heterocycles. The fourth-order valence-corrected chi connectivity index (χ4v) is 0.262. The van der Waals surface area contributed by atoms with Gasteiger partial charge in [-0.15, -0.1) is 0 Å². The molecule has 0 amide bonds. The monoisotopic (exact) mass is 101 g/mol. The van der Waals surface area contributed by atoms with Crippen LogP contribution in [0, 0.1) is 0 Å². The molecule has 2 N–H and O–H groups in total. The van der Waals surface area contributed by atoms with Gasteiger partial charge in [0.2, 0.25) is 0 Å². The number of carboxylic acid groups (broad SMARTS) is 1. The summed E-state index contributed by atoms with van der Waals surface area (Å²) in [6.45, 7) is 0.00463. The van der Waals surface area contributed by atoms with Crippen LogP contribution >= 0.6 is 0 Å². The van der Waals surface area contributed by atoms with Crippen molar-refractivity contribution in [3.8, 4) is 0 Å². The molecule has 0 aliphatic carbocycles. The zero-order chi connectivity index (χ0) is 4.99. The van der Waals surface area contributed by atoms with E-state index in [4.69, 9.17) is 5.11 Å². The molecule has 3 nitrogen and oxygen atoms in total. The van der Waals surface area contributed by atoms with Crippen LogP contribution in [0.1, 0.15) is 0 Å². The van der Waals surface area contributed by atoms with Gasteiger partial charge in [0.15, 0.2) is 0 Å². The van der Waals surface area contributed by atoms with E-state index in [1.807, 2.05) is 0 Å². The van der Waals surface area contributed by atoms with Crippen LogP contribution in [-0.2, 0) is 4.79 Å². The lowest BCUT2D eigenvalue weighted by atomic mass is 10.7. The van der Waals surface area contributed by atoms with Crippen molar-refractivity contribution in [2.45, 2.75) is 0 Å². The Balaban J connectivity index is 2.83. The Morgan fingerprint density at radius 1 is 2.00 bits per heavy atom. The first kappa shape index (κ1) is 5.96. The van der Waals surface area contributed by atoms with Crippen molar-refractivity contribution in [2.24, 2.45) is 0 Å². The Morgan fingerprint density at radius 3 is 2.50 bits per heavy atom. The van der Waals surface area contributed by atoms with Crippen molar-refractivity contribution in [3.05, 3.63) is 0 Å². The number of rotatable bonds is 2. The SMILES string of the molecule is O=C(O)C[NH][Al]. The van der Waals surface area contributed by atoms with Crippen molar-refractivity contribution in [1.29, 1.82) is 0 Å². The maximum atomic E-state index is 9.52. The lowest BCUT2D eigenvalue weighted by Crippen LogP contribution is -2.18. The largest absolute Gasteiger partial charge is 0.480 e. The van der Waals surface area contributed by atoms with E-state index in [2.05, 4.69) is 20.8 Å². The van der Waals surface area contributed by atoms with E-state index < -0.39 is 5.97 Å². The van der Waals surface area contributed by atoms with Gasteiger partial charge in [0, 0.05) is 0 Å². The van der Waals surface area contributed by atoms with Crippen LogP contribution < -0.4 is 4.30 Å². The van der Waals surface area contributed by atoms with E-state index in [-0.39, 0.29) is 6.54 Å². The van der Waals surface area contributed by atoms with Gasteiger partial charge in [-0.25, -0.2) is 0 Å².